The number of piperazine rings is 1. The van der Waals surface area contributed by atoms with E-state index in [4.69, 9.17) is 9.47 Å². The highest BCUT2D eigenvalue weighted by molar-refractivity contribution is 5.65. The highest BCUT2D eigenvalue weighted by atomic mass is 16.7. The molecule has 1 fully saturated rings. The molecule has 16 heavy (non-hydrogen) atoms. The minimum absolute atomic E-state index is 0.341. The molecule has 1 aromatic carbocycles. The predicted molar refractivity (Wildman–Crippen MR) is 62.2 cm³/mol. The van der Waals surface area contributed by atoms with Gasteiger partial charge in [-0.05, 0) is 19.1 Å². The topological polar surface area (TPSA) is 33.7 Å². The van der Waals surface area contributed by atoms with Crippen LogP contribution in [0.4, 0.5) is 5.69 Å². The first-order valence-corrected chi connectivity index (χ1v) is 5.71. The molecule has 1 aromatic rings. The minimum Gasteiger partial charge on any atom is -0.454 e. The van der Waals surface area contributed by atoms with Gasteiger partial charge in [0.2, 0.25) is 6.79 Å². The molecule has 0 amide bonds. The number of benzene rings is 1. The van der Waals surface area contributed by atoms with Crippen molar-refractivity contribution in [1.29, 1.82) is 0 Å². The third-order valence-corrected chi connectivity index (χ3v) is 3.09. The van der Waals surface area contributed by atoms with Gasteiger partial charge in [-0.1, -0.05) is 6.07 Å². The zero-order chi connectivity index (χ0) is 11.0. The molecule has 0 unspecified atom stereocenters. The van der Waals surface area contributed by atoms with Gasteiger partial charge in [-0.25, -0.2) is 0 Å². The molecule has 4 nitrogen and oxygen atoms in total. The fourth-order valence-corrected chi connectivity index (χ4v) is 2.31. The standard InChI is InChI=1S/C12H16N2O2/c1-9-7-14(6-5-13-9)10-3-2-4-11-12(10)16-8-15-11/h2-4,9,13H,5-8H2,1H3/t9-/m0/s1. The summed E-state index contributed by atoms with van der Waals surface area (Å²) in [6.45, 7) is 5.59. The Labute approximate surface area is 95.1 Å². The van der Waals surface area contributed by atoms with Crippen LogP contribution in [0.3, 0.4) is 0 Å². The smallest absolute Gasteiger partial charge is 0.231 e. The average molecular weight is 220 g/mol. The van der Waals surface area contributed by atoms with Crippen LogP contribution in [-0.4, -0.2) is 32.5 Å². The van der Waals surface area contributed by atoms with Crippen LogP contribution in [0.15, 0.2) is 18.2 Å². The van der Waals surface area contributed by atoms with Crippen LogP contribution in [0.1, 0.15) is 6.92 Å². The number of fused-ring (bicyclic) bond motifs is 1. The van der Waals surface area contributed by atoms with Crippen molar-refractivity contribution >= 4 is 5.69 Å². The van der Waals surface area contributed by atoms with Crippen molar-refractivity contribution in [1.82, 2.24) is 5.32 Å². The van der Waals surface area contributed by atoms with E-state index < -0.39 is 0 Å². The van der Waals surface area contributed by atoms with Gasteiger partial charge in [0.1, 0.15) is 0 Å². The van der Waals surface area contributed by atoms with E-state index in [2.05, 4.69) is 23.2 Å². The van der Waals surface area contributed by atoms with E-state index in [-0.39, 0.29) is 0 Å². The molecule has 86 valence electrons. The maximum Gasteiger partial charge on any atom is 0.231 e. The van der Waals surface area contributed by atoms with Gasteiger partial charge in [-0.2, -0.15) is 0 Å². The van der Waals surface area contributed by atoms with Crippen molar-refractivity contribution in [3.63, 3.8) is 0 Å². The minimum atomic E-state index is 0.341. The van der Waals surface area contributed by atoms with Gasteiger partial charge in [-0.15, -0.1) is 0 Å². The third-order valence-electron chi connectivity index (χ3n) is 3.09. The first kappa shape index (κ1) is 9.78. The lowest BCUT2D eigenvalue weighted by atomic mass is 10.2. The summed E-state index contributed by atoms with van der Waals surface area (Å²) < 4.78 is 10.9. The Hall–Kier alpha value is -1.42. The lowest BCUT2D eigenvalue weighted by Gasteiger charge is -2.34. The van der Waals surface area contributed by atoms with Gasteiger partial charge in [0, 0.05) is 25.7 Å². The predicted octanol–water partition coefficient (Wildman–Crippen LogP) is 1.21. The van der Waals surface area contributed by atoms with Crippen LogP contribution in [-0.2, 0) is 0 Å². The summed E-state index contributed by atoms with van der Waals surface area (Å²) in [6, 6.07) is 6.60. The summed E-state index contributed by atoms with van der Waals surface area (Å²) in [4.78, 5) is 2.36. The number of hydrogen-bond acceptors (Lipinski definition) is 4. The molecule has 1 saturated heterocycles. The van der Waals surface area contributed by atoms with E-state index in [1.807, 2.05) is 12.1 Å². The molecule has 2 heterocycles. The van der Waals surface area contributed by atoms with Crippen LogP contribution >= 0.6 is 0 Å². The highest BCUT2D eigenvalue weighted by Gasteiger charge is 2.23. The quantitative estimate of drug-likeness (QED) is 0.771. The lowest BCUT2D eigenvalue weighted by molar-refractivity contribution is 0.174. The summed E-state index contributed by atoms with van der Waals surface area (Å²) in [7, 11) is 0. The number of para-hydroxylation sites is 1. The average Bonchev–Trinajstić information content (AvgIpc) is 2.76. The Morgan fingerprint density at radius 1 is 1.38 bits per heavy atom. The van der Waals surface area contributed by atoms with Gasteiger partial charge in [0.25, 0.3) is 0 Å². The second-order valence-corrected chi connectivity index (χ2v) is 4.31. The summed E-state index contributed by atoms with van der Waals surface area (Å²) >= 11 is 0. The van der Waals surface area contributed by atoms with Gasteiger partial charge in [0.05, 0.1) is 5.69 Å². The normalized spacial score (nSPS) is 23.6. The Morgan fingerprint density at radius 3 is 3.19 bits per heavy atom. The molecule has 1 N–H and O–H groups in total. The Morgan fingerprint density at radius 2 is 2.31 bits per heavy atom. The van der Waals surface area contributed by atoms with E-state index in [1.54, 1.807) is 0 Å². The van der Waals surface area contributed by atoms with Crippen molar-refractivity contribution in [3.8, 4) is 11.5 Å². The van der Waals surface area contributed by atoms with Crippen molar-refractivity contribution in [2.75, 3.05) is 31.3 Å². The van der Waals surface area contributed by atoms with Crippen LogP contribution in [0.2, 0.25) is 0 Å². The van der Waals surface area contributed by atoms with Crippen LogP contribution in [0.25, 0.3) is 0 Å². The lowest BCUT2D eigenvalue weighted by Crippen LogP contribution is -2.49. The van der Waals surface area contributed by atoms with Crippen LogP contribution < -0.4 is 19.7 Å². The molecular weight excluding hydrogens is 204 g/mol. The molecule has 0 aromatic heterocycles. The maximum atomic E-state index is 5.53. The SMILES string of the molecule is C[C@H]1CN(c2cccc3c2OCO3)CCN1. The molecule has 0 aliphatic carbocycles. The molecule has 0 radical (unpaired) electrons. The van der Waals surface area contributed by atoms with Gasteiger partial charge < -0.3 is 19.7 Å². The van der Waals surface area contributed by atoms with Gasteiger partial charge in [0.15, 0.2) is 11.5 Å². The van der Waals surface area contributed by atoms with E-state index in [0.717, 1.165) is 36.8 Å². The summed E-state index contributed by atoms with van der Waals surface area (Å²) in [6.07, 6.45) is 0. The van der Waals surface area contributed by atoms with Gasteiger partial charge >= 0.3 is 0 Å². The third kappa shape index (κ3) is 1.59. The van der Waals surface area contributed by atoms with E-state index in [0.29, 0.717) is 12.8 Å². The van der Waals surface area contributed by atoms with E-state index >= 15 is 0 Å². The highest BCUT2D eigenvalue weighted by Crippen LogP contribution is 2.41. The van der Waals surface area contributed by atoms with Gasteiger partial charge in [-0.3, -0.25) is 0 Å². The fourth-order valence-electron chi connectivity index (χ4n) is 2.31. The van der Waals surface area contributed by atoms with Crippen molar-refractivity contribution in [3.05, 3.63) is 18.2 Å². The first-order valence-electron chi connectivity index (χ1n) is 5.71. The van der Waals surface area contributed by atoms with Crippen molar-refractivity contribution < 1.29 is 9.47 Å². The fraction of sp³-hybridized carbons (Fsp3) is 0.500. The zero-order valence-corrected chi connectivity index (χ0v) is 9.40. The van der Waals surface area contributed by atoms with E-state index in [1.165, 1.54) is 0 Å². The Bertz CT molecular complexity index is 395. The molecule has 2 aliphatic heterocycles. The van der Waals surface area contributed by atoms with Crippen molar-refractivity contribution in [2.24, 2.45) is 0 Å². The zero-order valence-electron chi connectivity index (χ0n) is 9.40. The molecule has 3 rings (SSSR count). The second kappa shape index (κ2) is 3.87. The summed E-state index contributed by atoms with van der Waals surface area (Å²) in [5.41, 5.74) is 1.16. The largest absolute Gasteiger partial charge is 0.454 e. The molecule has 0 bridgehead atoms. The molecule has 4 heteroatoms. The summed E-state index contributed by atoms with van der Waals surface area (Å²) in [5, 5.41) is 3.44. The van der Waals surface area contributed by atoms with Crippen molar-refractivity contribution in [2.45, 2.75) is 13.0 Å². The second-order valence-electron chi connectivity index (χ2n) is 4.31. The molecule has 0 spiro atoms. The Balaban J connectivity index is 1.91. The number of nitrogens with zero attached hydrogens (tertiary/aromatic N) is 1. The monoisotopic (exact) mass is 220 g/mol. The molecule has 0 saturated carbocycles. The molecular formula is C12H16N2O2. The molecule has 1 atom stereocenters. The van der Waals surface area contributed by atoms with Crippen LogP contribution in [0.5, 0.6) is 11.5 Å². The number of rotatable bonds is 1. The maximum absolute atomic E-state index is 5.53. The Kier molecular flexibility index (Phi) is 2.36. The number of nitrogens with one attached hydrogen (secondary N) is 1. The number of anilines is 1. The van der Waals surface area contributed by atoms with Crippen LogP contribution in [0, 0.1) is 0 Å². The van der Waals surface area contributed by atoms with E-state index in [9.17, 15) is 0 Å². The first-order chi connectivity index (χ1) is 7.84. The molecule has 2 aliphatic rings. The number of ether oxygens (including phenoxy) is 2. The summed E-state index contributed by atoms with van der Waals surface area (Å²) in [5.74, 6) is 1.76. The number of hydrogen-bond donors (Lipinski definition) is 1.